The molecule has 0 amide bonds. The molecule has 0 atom stereocenters. The molecule has 0 spiro atoms. The highest BCUT2D eigenvalue weighted by molar-refractivity contribution is 7.99. The highest BCUT2D eigenvalue weighted by atomic mass is 32.2. The lowest BCUT2D eigenvalue weighted by Crippen LogP contribution is -2.13. The number of halogens is 2. The topological polar surface area (TPSA) is 17.1 Å². The van der Waals surface area contributed by atoms with Crippen LogP contribution < -0.4 is 0 Å². The Morgan fingerprint density at radius 2 is 1.85 bits per heavy atom. The third-order valence-electron chi connectivity index (χ3n) is 3.31. The summed E-state index contributed by atoms with van der Waals surface area (Å²) in [4.78, 5) is 13.1. The lowest BCUT2D eigenvalue weighted by Gasteiger charge is -2.16. The van der Waals surface area contributed by atoms with Gasteiger partial charge in [0.1, 0.15) is 11.6 Å². The molecule has 1 nitrogen and oxygen atoms in total. The fourth-order valence-electron chi connectivity index (χ4n) is 2.44. The van der Waals surface area contributed by atoms with E-state index >= 15 is 0 Å². The van der Waals surface area contributed by atoms with E-state index in [1.165, 1.54) is 30.0 Å². The van der Waals surface area contributed by atoms with Crippen molar-refractivity contribution in [2.75, 3.05) is 0 Å². The van der Waals surface area contributed by atoms with Crippen LogP contribution in [0.15, 0.2) is 46.2 Å². The standard InChI is InChI=1S/C16H12F2OS/c17-11-4-2-5-12(8-11)20-13-7-10-3-1-6-15(19)16(10)14(18)9-13/h2,4-5,7-9H,1,3,6H2. The Bertz CT molecular complexity index is 682. The number of fused-ring (bicyclic) bond motifs is 1. The van der Waals surface area contributed by atoms with Gasteiger partial charge < -0.3 is 0 Å². The summed E-state index contributed by atoms with van der Waals surface area (Å²) in [5.74, 6) is -0.902. The maximum atomic E-state index is 14.1. The van der Waals surface area contributed by atoms with Crippen molar-refractivity contribution in [3.63, 3.8) is 0 Å². The van der Waals surface area contributed by atoms with Crippen molar-refractivity contribution in [1.82, 2.24) is 0 Å². The van der Waals surface area contributed by atoms with Gasteiger partial charge in [0.2, 0.25) is 0 Å². The summed E-state index contributed by atoms with van der Waals surface area (Å²) in [6, 6.07) is 9.37. The average molecular weight is 290 g/mol. The van der Waals surface area contributed by atoms with E-state index in [-0.39, 0.29) is 17.2 Å². The zero-order valence-corrected chi connectivity index (χ0v) is 11.5. The van der Waals surface area contributed by atoms with Gasteiger partial charge in [-0.2, -0.15) is 0 Å². The van der Waals surface area contributed by atoms with Crippen LogP contribution >= 0.6 is 11.8 Å². The van der Waals surface area contributed by atoms with Crippen LogP contribution in [0.4, 0.5) is 8.78 Å². The first kappa shape index (κ1) is 13.3. The molecular weight excluding hydrogens is 278 g/mol. The van der Waals surface area contributed by atoms with Crippen LogP contribution in [0.2, 0.25) is 0 Å². The smallest absolute Gasteiger partial charge is 0.166 e. The Balaban J connectivity index is 1.95. The minimum Gasteiger partial charge on any atom is -0.294 e. The van der Waals surface area contributed by atoms with E-state index in [1.807, 2.05) is 6.07 Å². The Hall–Kier alpha value is -1.68. The fourth-order valence-corrected chi connectivity index (χ4v) is 3.39. The van der Waals surface area contributed by atoms with E-state index in [4.69, 9.17) is 0 Å². The van der Waals surface area contributed by atoms with E-state index in [0.717, 1.165) is 18.4 Å². The molecule has 1 aliphatic rings. The van der Waals surface area contributed by atoms with Gasteiger partial charge >= 0.3 is 0 Å². The number of hydrogen-bond donors (Lipinski definition) is 0. The summed E-state index contributed by atoms with van der Waals surface area (Å²) in [5.41, 5.74) is 1.000. The van der Waals surface area contributed by atoms with Crippen LogP contribution in [0.3, 0.4) is 0 Å². The molecule has 0 saturated heterocycles. The van der Waals surface area contributed by atoms with Crippen molar-refractivity contribution in [1.29, 1.82) is 0 Å². The van der Waals surface area contributed by atoms with Crippen molar-refractivity contribution < 1.29 is 13.6 Å². The second-order valence-corrected chi connectivity index (χ2v) is 5.92. The minimum atomic E-state index is -0.467. The molecule has 4 heteroatoms. The molecule has 1 aliphatic carbocycles. The van der Waals surface area contributed by atoms with Gasteiger partial charge in [-0.05, 0) is 48.7 Å². The predicted octanol–water partition coefficient (Wildman–Crippen LogP) is 4.64. The fraction of sp³-hybridized carbons (Fsp3) is 0.188. The summed E-state index contributed by atoms with van der Waals surface area (Å²) >= 11 is 1.30. The molecule has 0 aliphatic heterocycles. The normalized spacial score (nSPS) is 14.2. The SMILES string of the molecule is O=C1CCCc2cc(Sc3cccc(F)c3)cc(F)c21. The summed E-state index contributed by atoms with van der Waals surface area (Å²) in [7, 11) is 0. The first-order valence-electron chi connectivity index (χ1n) is 6.42. The van der Waals surface area contributed by atoms with Crippen molar-refractivity contribution >= 4 is 17.5 Å². The number of benzene rings is 2. The number of Topliss-reactive ketones (excluding diaryl/α,β-unsaturated/α-hetero) is 1. The molecular formula is C16H12F2OS. The molecule has 0 saturated carbocycles. The van der Waals surface area contributed by atoms with Crippen LogP contribution in [0.25, 0.3) is 0 Å². The van der Waals surface area contributed by atoms with Gasteiger partial charge in [0.25, 0.3) is 0 Å². The predicted molar refractivity (Wildman–Crippen MR) is 74.2 cm³/mol. The molecule has 0 fully saturated rings. The van der Waals surface area contributed by atoms with Gasteiger partial charge in [0.15, 0.2) is 5.78 Å². The van der Waals surface area contributed by atoms with E-state index in [0.29, 0.717) is 16.2 Å². The van der Waals surface area contributed by atoms with Gasteiger partial charge in [0, 0.05) is 16.2 Å². The Kier molecular flexibility index (Phi) is 3.57. The second kappa shape index (κ2) is 5.37. The molecule has 0 bridgehead atoms. The van der Waals surface area contributed by atoms with E-state index in [1.54, 1.807) is 12.1 Å². The molecule has 0 radical (unpaired) electrons. The van der Waals surface area contributed by atoms with Gasteiger partial charge in [-0.1, -0.05) is 17.8 Å². The first-order chi connectivity index (χ1) is 9.63. The molecule has 0 N–H and O–H groups in total. The van der Waals surface area contributed by atoms with Crippen LogP contribution in [0.5, 0.6) is 0 Å². The molecule has 0 heterocycles. The zero-order chi connectivity index (χ0) is 14.1. The third kappa shape index (κ3) is 2.61. The molecule has 2 aromatic carbocycles. The molecule has 20 heavy (non-hydrogen) atoms. The van der Waals surface area contributed by atoms with Crippen LogP contribution in [0, 0.1) is 11.6 Å². The highest BCUT2D eigenvalue weighted by Crippen LogP contribution is 2.33. The van der Waals surface area contributed by atoms with Crippen molar-refractivity contribution in [3.8, 4) is 0 Å². The highest BCUT2D eigenvalue weighted by Gasteiger charge is 2.22. The van der Waals surface area contributed by atoms with Gasteiger partial charge in [-0.15, -0.1) is 0 Å². The number of aryl methyl sites for hydroxylation is 1. The number of ketones is 1. The van der Waals surface area contributed by atoms with Crippen molar-refractivity contribution in [3.05, 3.63) is 59.2 Å². The Morgan fingerprint density at radius 3 is 2.65 bits per heavy atom. The molecule has 0 aromatic heterocycles. The summed E-state index contributed by atoms with van der Waals surface area (Å²) in [6.45, 7) is 0. The third-order valence-corrected chi connectivity index (χ3v) is 4.27. The first-order valence-corrected chi connectivity index (χ1v) is 7.24. The van der Waals surface area contributed by atoms with E-state index < -0.39 is 5.82 Å². The van der Waals surface area contributed by atoms with Gasteiger partial charge in [-0.25, -0.2) is 8.78 Å². The largest absolute Gasteiger partial charge is 0.294 e. The quantitative estimate of drug-likeness (QED) is 0.801. The van der Waals surface area contributed by atoms with E-state index in [2.05, 4.69) is 0 Å². The molecule has 102 valence electrons. The molecule has 3 rings (SSSR count). The number of carbonyl (C=O) groups excluding carboxylic acids is 1. The average Bonchev–Trinajstić information content (AvgIpc) is 2.38. The maximum Gasteiger partial charge on any atom is 0.166 e. The lowest BCUT2D eigenvalue weighted by molar-refractivity contribution is 0.0968. The Morgan fingerprint density at radius 1 is 1.00 bits per heavy atom. The summed E-state index contributed by atoms with van der Waals surface area (Å²) in [5, 5.41) is 0. The van der Waals surface area contributed by atoms with Crippen LogP contribution in [-0.4, -0.2) is 5.78 Å². The zero-order valence-electron chi connectivity index (χ0n) is 10.7. The minimum absolute atomic E-state index is 0.119. The van der Waals surface area contributed by atoms with E-state index in [9.17, 15) is 13.6 Å². The number of carbonyl (C=O) groups is 1. The molecule has 0 unspecified atom stereocenters. The second-order valence-electron chi connectivity index (χ2n) is 4.78. The van der Waals surface area contributed by atoms with Crippen LogP contribution in [0.1, 0.15) is 28.8 Å². The maximum absolute atomic E-state index is 14.1. The summed E-state index contributed by atoms with van der Waals surface area (Å²) in [6.07, 6.45) is 1.90. The van der Waals surface area contributed by atoms with Gasteiger partial charge in [0.05, 0.1) is 5.56 Å². The molecule has 2 aromatic rings. The van der Waals surface area contributed by atoms with Gasteiger partial charge in [-0.3, -0.25) is 4.79 Å². The van der Waals surface area contributed by atoms with Crippen LogP contribution in [-0.2, 0) is 6.42 Å². The monoisotopic (exact) mass is 290 g/mol. The summed E-state index contributed by atoms with van der Waals surface area (Å²) < 4.78 is 27.2. The van der Waals surface area contributed by atoms with Crippen molar-refractivity contribution in [2.24, 2.45) is 0 Å². The number of hydrogen-bond acceptors (Lipinski definition) is 2. The van der Waals surface area contributed by atoms with Crippen molar-refractivity contribution in [2.45, 2.75) is 29.1 Å². The Labute approximate surface area is 120 Å². The number of rotatable bonds is 2. The lowest BCUT2D eigenvalue weighted by atomic mass is 9.90.